The van der Waals surface area contributed by atoms with Crippen molar-refractivity contribution < 1.29 is 9.13 Å². The molecular weight excluding hydrogens is 253 g/mol. The van der Waals surface area contributed by atoms with Crippen LogP contribution in [0.1, 0.15) is 24.0 Å². The number of nitrogens with one attached hydrogen (secondary N) is 1. The molecule has 0 aromatic heterocycles. The summed E-state index contributed by atoms with van der Waals surface area (Å²) in [6, 6.07) is 15.4. The molecule has 3 heteroatoms. The molecule has 0 atom stereocenters. The lowest BCUT2D eigenvalue weighted by Gasteiger charge is -2.09. The van der Waals surface area contributed by atoms with Crippen LogP contribution in [0.5, 0.6) is 5.75 Å². The van der Waals surface area contributed by atoms with Gasteiger partial charge in [-0.15, -0.1) is 0 Å². The van der Waals surface area contributed by atoms with Crippen molar-refractivity contribution in [2.24, 2.45) is 0 Å². The smallest absolute Gasteiger partial charge is 0.165 e. The summed E-state index contributed by atoms with van der Waals surface area (Å²) in [5, 5.41) is 3.48. The van der Waals surface area contributed by atoms with Crippen LogP contribution in [0.2, 0.25) is 0 Å². The van der Waals surface area contributed by atoms with E-state index < -0.39 is 0 Å². The van der Waals surface area contributed by atoms with E-state index in [1.165, 1.54) is 24.5 Å². The number of ether oxygens (including phenoxy) is 1. The molecule has 0 unspecified atom stereocenters. The van der Waals surface area contributed by atoms with Crippen LogP contribution in [-0.4, -0.2) is 6.04 Å². The zero-order valence-electron chi connectivity index (χ0n) is 11.3. The van der Waals surface area contributed by atoms with Gasteiger partial charge < -0.3 is 10.1 Å². The summed E-state index contributed by atoms with van der Waals surface area (Å²) in [5.41, 5.74) is 2.30. The second-order valence-corrected chi connectivity index (χ2v) is 5.19. The van der Waals surface area contributed by atoms with Gasteiger partial charge in [0, 0.05) is 12.6 Å². The average molecular weight is 271 g/mol. The van der Waals surface area contributed by atoms with Gasteiger partial charge in [-0.3, -0.25) is 0 Å². The number of rotatable bonds is 6. The van der Waals surface area contributed by atoms with E-state index in [1.807, 2.05) is 12.1 Å². The van der Waals surface area contributed by atoms with Crippen LogP contribution < -0.4 is 10.1 Å². The Morgan fingerprint density at radius 3 is 2.65 bits per heavy atom. The highest BCUT2D eigenvalue weighted by molar-refractivity contribution is 5.26. The third-order valence-corrected chi connectivity index (χ3v) is 3.39. The summed E-state index contributed by atoms with van der Waals surface area (Å²) in [6.07, 6.45) is 2.58. The first-order valence-corrected chi connectivity index (χ1v) is 7.00. The summed E-state index contributed by atoms with van der Waals surface area (Å²) in [4.78, 5) is 0. The van der Waals surface area contributed by atoms with E-state index in [2.05, 4.69) is 17.4 Å². The Balaban J connectivity index is 1.59. The van der Waals surface area contributed by atoms with Crippen molar-refractivity contribution in [3.63, 3.8) is 0 Å². The van der Waals surface area contributed by atoms with Crippen molar-refractivity contribution in [2.75, 3.05) is 0 Å². The minimum absolute atomic E-state index is 0.300. The third kappa shape index (κ3) is 3.58. The zero-order chi connectivity index (χ0) is 13.8. The van der Waals surface area contributed by atoms with Crippen LogP contribution in [0, 0.1) is 5.82 Å². The summed E-state index contributed by atoms with van der Waals surface area (Å²) in [7, 11) is 0. The van der Waals surface area contributed by atoms with E-state index in [4.69, 9.17) is 4.74 Å². The minimum atomic E-state index is -0.320. The number of para-hydroxylation sites is 1. The first kappa shape index (κ1) is 13.1. The van der Waals surface area contributed by atoms with Gasteiger partial charge in [0.2, 0.25) is 0 Å². The zero-order valence-corrected chi connectivity index (χ0v) is 11.3. The number of hydrogen-bond donors (Lipinski definition) is 1. The molecule has 1 saturated carbocycles. The van der Waals surface area contributed by atoms with E-state index in [9.17, 15) is 4.39 Å². The second-order valence-electron chi connectivity index (χ2n) is 5.19. The summed E-state index contributed by atoms with van der Waals surface area (Å²) < 4.78 is 19.0. The van der Waals surface area contributed by atoms with Crippen LogP contribution >= 0.6 is 0 Å². The Hall–Kier alpha value is -1.87. The SMILES string of the molecule is Fc1ccccc1OCc1cccc(CNC2CC2)c1. The maximum absolute atomic E-state index is 13.5. The molecule has 104 valence electrons. The predicted octanol–water partition coefficient (Wildman–Crippen LogP) is 3.66. The van der Waals surface area contributed by atoms with Crippen LogP contribution in [-0.2, 0) is 13.2 Å². The van der Waals surface area contributed by atoms with Gasteiger partial charge in [0.25, 0.3) is 0 Å². The van der Waals surface area contributed by atoms with Gasteiger partial charge in [0.05, 0.1) is 0 Å². The lowest BCUT2D eigenvalue weighted by atomic mass is 10.1. The predicted molar refractivity (Wildman–Crippen MR) is 77.0 cm³/mol. The highest BCUT2D eigenvalue weighted by Crippen LogP contribution is 2.20. The van der Waals surface area contributed by atoms with Gasteiger partial charge in [-0.2, -0.15) is 0 Å². The number of hydrogen-bond acceptors (Lipinski definition) is 2. The molecule has 2 aromatic carbocycles. The molecule has 0 saturated heterocycles. The molecular formula is C17H18FNO. The molecule has 0 aliphatic heterocycles. The molecule has 1 N–H and O–H groups in total. The number of halogens is 1. The molecule has 20 heavy (non-hydrogen) atoms. The molecule has 0 heterocycles. The van der Waals surface area contributed by atoms with Crippen LogP contribution in [0.25, 0.3) is 0 Å². The Morgan fingerprint density at radius 2 is 1.85 bits per heavy atom. The Morgan fingerprint density at radius 1 is 1.05 bits per heavy atom. The van der Waals surface area contributed by atoms with E-state index in [1.54, 1.807) is 18.2 Å². The molecule has 2 aromatic rings. The van der Waals surface area contributed by atoms with E-state index in [-0.39, 0.29) is 5.82 Å². The maximum Gasteiger partial charge on any atom is 0.165 e. The van der Waals surface area contributed by atoms with E-state index in [0.717, 1.165) is 12.1 Å². The molecule has 0 spiro atoms. The quantitative estimate of drug-likeness (QED) is 0.865. The minimum Gasteiger partial charge on any atom is -0.486 e. The fourth-order valence-electron chi connectivity index (χ4n) is 2.10. The first-order valence-electron chi connectivity index (χ1n) is 7.00. The van der Waals surface area contributed by atoms with Crippen molar-refractivity contribution in [1.29, 1.82) is 0 Å². The Labute approximate surface area is 118 Å². The monoisotopic (exact) mass is 271 g/mol. The van der Waals surface area contributed by atoms with E-state index in [0.29, 0.717) is 18.4 Å². The molecule has 3 rings (SSSR count). The third-order valence-electron chi connectivity index (χ3n) is 3.39. The first-order chi connectivity index (χ1) is 9.81. The second kappa shape index (κ2) is 6.06. The standard InChI is InChI=1S/C17H18FNO/c18-16-6-1-2-7-17(16)20-12-14-5-3-4-13(10-14)11-19-15-8-9-15/h1-7,10,15,19H,8-9,11-12H2. The Bertz CT molecular complexity index is 581. The van der Waals surface area contributed by atoms with Crippen molar-refractivity contribution >= 4 is 0 Å². The highest BCUT2D eigenvalue weighted by atomic mass is 19.1. The Kier molecular flexibility index (Phi) is 3.97. The largest absolute Gasteiger partial charge is 0.486 e. The van der Waals surface area contributed by atoms with Gasteiger partial charge in [-0.05, 0) is 36.1 Å². The lowest BCUT2D eigenvalue weighted by Crippen LogP contribution is -2.15. The fraction of sp³-hybridized carbons (Fsp3) is 0.294. The summed E-state index contributed by atoms with van der Waals surface area (Å²) in [5.74, 6) is -0.0203. The molecule has 1 aliphatic carbocycles. The van der Waals surface area contributed by atoms with Gasteiger partial charge in [-0.25, -0.2) is 4.39 Å². The maximum atomic E-state index is 13.5. The van der Waals surface area contributed by atoms with Crippen LogP contribution in [0.15, 0.2) is 48.5 Å². The summed E-state index contributed by atoms with van der Waals surface area (Å²) >= 11 is 0. The van der Waals surface area contributed by atoms with Crippen LogP contribution in [0.4, 0.5) is 4.39 Å². The molecule has 1 aliphatic rings. The van der Waals surface area contributed by atoms with Gasteiger partial charge in [0.1, 0.15) is 6.61 Å². The van der Waals surface area contributed by atoms with Crippen molar-refractivity contribution in [2.45, 2.75) is 32.0 Å². The topological polar surface area (TPSA) is 21.3 Å². The molecule has 0 radical (unpaired) electrons. The molecule has 0 amide bonds. The fourth-order valence-corrected chi connectivity index (χ4v) is 2.10. The number of benzene rings is 2. The van der Waals surface area contributed by atoms with Gasteiger partial charge >= 0.3 is 0 Å². The molecule has 2 nitrogen and oxygen atoms in total. The molecule has 0 bridgehead atoms. The normalized spacial score (nSPS) is 14.2. The molecule has 1 fully saturated rings. The van der Waals surface area contributed by atoms with Crippen LogP contribution in [0.3, 0.4) is 0 Å². The van der Waals surface area contributed by atoms with Gasteiger partial charge in [0.15, 0.2) is 11.6 Å². The average Bonchev–Trinajstić information content (AvgIpc) is 3.29. The van der Waals surface area contributed by atoms with E-state index >= 15 is 0 Å². The lowest BCUT2D eigenvalue weighted by molar-refractivity contribution is 0.290. The van der Waals surface area contributed by atoms with Crippen molar-refractivity contribution in [1.82, 2.24) is 5.32 Å². The van der Waals surface area contributed by atoms with Gasteiger partial charge in [-0.1, -0.05) is 36.4 Å². The van der Waals surface area contributed by atoms with Crippen molar-refractivity contribution in [3.05, 3.63) is 65.5 Å². The highest BCUT2D eigenvalue weighted by Gasteiger charge is 2.19. The summed E-state index contributed by atoms with van der Waals surface area (Å²) in [6.45, 7) is 1.27. The van der Waals surface area contributed by atoms with Crippen molar-refractivity contribution in [3.8, 4) is 5.75 Å².